The number of hydrogen-bond acceptors (Lipinski definition) is 3. The third-order valence-corrected chi connectivity index (χ3v) is 1.81. The van der Waals surface area contributed by atoms with E-state index in [2.05, 4.69) is 5.32 Å². The van der Waals surface area contributed by atoms with Gasteiger partial charge in [0.1, 0.15) is 5.82 Å². The highest BCUT2D eigenvalue weighted by Crippen LogP contribution is 2.27. The SMILES string of the molecule is O=C1CCNc2cc(F)ccc2O1. The summed E-state index contributed by atoms with van der Waals surface area (Å²) >= 11 is 0. The lowest BCUT2D eigenvalue weighted by atomic mass is 10.3. The fourth-order valence-corrected chi connectivity index (χ4v) is 1.20. The Morgan fingerprint density at radius 3 is 3.15 bits per heavy atom. The summed E-state index contributed by atoms with van der Waals surface area (Å²) in [4.78, 5) is 11.0. The maximum atomic E-state index is 12.7. The molecule has 1 aromatic carbocycles. The van der Waals surface area contributed by atoms with Gasteiger partial charge in [0.05, 0.1) is 12.1 Å². The van der Waals surface area contributed by atoms with Gasteiger partial charge in [-0.2, -0.15) is 0 Å². The first-order valence-corrected chi connectivity index (χ1v) is 4.00. The fraction of sp³-hybridized carbons (Fsp3) is 0.222. The second kappa shape index (κ2) is 3.05. The third-order valence-electron chi connectivity index (χ3n) is 1.81. The number of hydrogen-bond donors (Lipinski definition) is 1. The Kier molecular flexibility index (Phi) is 1.88. The highest BCUT2D eigenvalue weighted by molar-refractivity contribution is 5.77. The first-order chi connectivity index (χ1) is 6.25. The van der Waals surface area contributed by atoms with Crippen molar-refractivity contribution in [2.45, 2.75) is 6.42 Å². The van der Waals surface area contributed by atoms with Gasteiger partial charge >= 0.3 is 5.97 Å². The maximum Gasteiger partial charge on any atom is 0.313 e. The smallest absolute Gasteiger partial charge is 0.313 e. The molecule has 4 heteroatoms. The van der Waals surface area contributed by atoms with Crippen LogP contribution in [-0.4, -0.2) is 12.5 Å². The van der Waals surface area contributed by atoms with Gasteiger partial charge in [-0.05, 0) is 12.1 Å². The van der Waals surface area contributed by atoms with Crippen molar-refractivity contribution in [3.05, 3.63) is 24.0 Å². The van der Waals surface area contributed by atoms with E-state index in [1.165, 1.54) is 18.2 Å². The van der Waals surface area contributed by atoms with E-state index in [0.29, 0.717) is 24.4 Å². The highest BCUT2D eigenvalue weighted by atomic mass is 19.1. The average molecular weight is 181 g/mol. The van der Waals surface area contributed by atoms with E-state index < -0.39 is 0 Å². The fourth-order valence-electron chi connectivity index (χ4n) is 1.20. The molecule has 1 N–H and O–H groups in total. The maximum absolute atomic E-state index is 12.7. The molecule has 0 aliphatic carbocycles. The molecule has 0 aromatic heterocycles. The minimum atomic E-state index is -0.343. The van der Waals surface area contributed by atoms with E-state index in [9.17, 15) is 9.18 Å². The lowest BCUT2D eigenvalue weighted by Crippen LogP contribution is -2.08. The molecule has 0 fully saturated rings. The van der Waals surface area contributed by atoms with Crippen molar-refractivity contribution < 1.29 is 13.9 Å². The minimum absolute atomic E-state index is 0.294. The van der Waals surface area contributed by atoms with E-state index in [1.54, 1.807) is 0 Å². The van der Waals surface area contributed by atoms with Crippen LogP contribution < -0.4 is 10.1 Å². The number of nitrogens with one attached hydrogen (secondary N) is 1. The van der Waals surface area contributed by atoms with E-state index in [4.69, 9.17) is 4.74 Å². The first kappa shape index (κ1) is 8.04. The molecular weight excluding hydrogens is 173 g/mol. The molecule has 3 nitrogen and oxygen atoms in total. The molecule has 1 aliphatic heterocycles. The van der Waals surface area contributed by atoms with Crippen LogP contribution in [0.4, 0.5) is 10.1 Å². The second-order valence-electron chi connectivity index (χ2n) is 2.79. The Bertz CT molecular complexity index is 351. The van der Waals surface area contributed by atoms with Crippen molar-refractivity contribution in [2.24, 2.45) is 0 Å². The second-order valence-corrected chi connectivity index (χ2v) is 2.79. The zero-order valence-corrected chi connectivity index (χ0v) is 6.84. The van der Waals surface area contributed by atoms with Crippen molar-refractivity contribution >= 4 is 11.7 Å². The molecule has 0 bridgehead atoms. The number of halogens is 1. The predicted octanol–water partition coefficient (Wildman–Crippen LogP) is 1.55. The Morgan fingerprint density at radius 2 is 2.31 bits per heavy atom. The summed E-state index contributed by atoms with van der Waals surface area (Å²) in [5.74, 6) is -0.244. The molecule has 1 aliphatic rings. The van der Waals surface area contributed by atoms with Crippen LogP contribution in [0.5, 0.6) is 5.75 Å². The van der Waals surface area contributed by atoms with Crippen molar-refractivity contribution in [3.63, 3.8) is 0 Å². The third kappa shape index (κ3) is 1.61. The van der Waals surface area contributed by atoms with Crippen LogP contribution in [0.2, 0.25) is 0 Å². The van der Waals surface area contributed by atoms with Gasteiger partial charge in [0, 0.05) is 12.6 Å². The normalized spacial score (nSPS) is 15.3. The molecule has 0 atom stereocenters. The van der Waals surface area contributed by atoms with Gasteiger partial charge in [0.25, 0.3) is 0 Å². The standard InChI is InChI=1S/C9H8FNO2/c10-6-1-2-8-7(5-6)11-4-3-9(12)13-8/h1-2,5,11H,3-4H2. The van der Waals surface area contributed by atoms with Crippen LogP contribution in [0.25, 0.3) is 0 Å². The van der Waals surface area contributed by atoms with Crippen LogP contribution in [-0.2, 0) is 4.79 Å². The van der Waals surface area contributed by atoms with Crippen LogP contribution in [0.15, 0.2) is 18.2 Å². The quantitative estimate of drug-likeness (QED) is 0.487. The predicted molar refractivity (Wildman–Crippen MR) is 45.1 cm³/mol. The molecule has 1 heterocycles. The lowest BCUT2D eigenvalue weighted by molar-refractivity contribution is -0.133. The van der Waals surface area contributed by atoms with Crippen LogP contribution in [0.1, 0.15) is 6.42 Å². The Morgan fingerprint density at radius 1 is 1.46 bits per heavy atom. The van der Waals surface area contributed by atoms with E-state index in [-0.39, 0.29) is 11.8 Å². The minimum Gasteiger partial charge on any atom is -0.424 e. The number of rotatable bonds is 0. The summed E-state index contributed by atoms with van der Waals surface area (Å²) in [6.45, 7) is 0.481. The molecule has 0 unspecified atom stereocenters. The Balaban J connectivity index is 2.40. The molecule has 13 heavy (non-hydrogen) atoms. The van der Waals surface area contributed by atoms with Crippen LogP contribution in [0.3, 0.4) is 0 Å². The Labute approximate surface area is 74.5 Å². The summed E-state index contributed by atoms with van der Waals surface area (Å²) in [7, 11) is 0. The van der Waals surface area contributed by atoms with Gasteiger partial charge < -0.3 is 10.1 Å². The van der Waals surface area contributed by atoms with Gasteiger partial charge in [0.15, 0.2) is 5.75 Å². The van der Waals surface area contributed by atoms with E-state index in [0.717, 1.165) is 0 Å². The van der Waals surface area contributed by atoms with E-state index >= 15 is 0 Å². The van der Waals surface area contributed by atoms with Crippen molar-refractivity contribution in [1.82, 2.24) is 0 Å². The van der Waals surface area contributed by atoms with Gasteiger partial charge in [-0.3, -0.25) is 4.79 Å². The molecule has 0 saturated carbocycles. The molecule has 0 radical (unpaired) electrons. The van der Waals surface area contributed by atoms with Gasteiger partial charge in [-0.15, -0.1) is 0 Å². The number of anilines is 1. The van der Waals surface area contributed by atoms with Gasteiger partial charge in [-0.1, -0.05) is 0 Å². The van der Waals surface area contributed by atoms with Gasteiger partial charge in [0.2, 0.25) is 0 Å². The highest BCUT2D eigenvalue weighted by Gasteiger charge is 2.14. The average Bonchev–Trinajstić information content (AvgIpc) is 2.25. The summed E-state index contributed by atoms with van der Waals surface area (Å²) in [5.41, 5.74) is 0.533. The monoisotopic (exact) mass is 181 g/mol. The molecule has 0 spiro atoms. The molecule has 0 saturated heterocycles. The summed E-state index contributed by atoms with van der Waals surface area (Å²) in [6, 6.07) is 4.02. The number of esters is 1. The summed E-state index contributed by atoms with van der Waals surface area (Å²) in [5, 5.41) is 2.91. The Hall–Kier alpha value is -1.58. The summed E-state index contributed by atoms with van der Waals surface area (Å²) < 4.78 is 17.7. The molecule has 68 valence electrons. The van der Waals surface area contributed by atoms with Crippen molar-refractivity contribution in [2.75, 3.05) is 11.9 Å². The molecule has 1 aromatic rings. The van der Waals surface area contributed by atoms with E-state index in [1.807, 2.05) is 0 Å². The summed E-state index contributed by atoms with van der Waals surface area (Å²) in [6.07, 6.45) is 0.302. The molecule has 0 amide bonds. The van der Waals surface area contributed by atoms with Crippen LogP contribution in [0, 0.1) is 5.82 Å². The largest absolute Gasteiger partial charge is 0.424 e. The number of carbonyl (C=O) groups excluding carboxylic acids is 1. The number of benzene rings is 1. The van der Waals surface area contributed by atoms with Gasteiger partial charge in [-0.25, -0.2) is 4.39 Å². The lowest BCUT2D eigenvalue weighted by Gasteiger charge is -2.05. The zero-order valence-electron chi connectivity index (χ0n) is 6.84. The zero-order chi connectivity index (χ0) is 9.26. The van der Waals surface area contributed by atoms with Crippen molar-refractivity contribution in [3.8, 4) is 5.75 Å². The number of carbonyl (C=O) groups is 1. The number of ether oxygens (including phenoxy) is 1. The van der Waals surface area contributed by atoms with Crippen LogP contribution >= 0.6 is 0 Å². The number of fused-ring (bicyclic) bond motifs is 1. The van der Waals surface area contributed by atoms with Crippen molar-refractivity contribution in [1.29, 1.82) is 0 Å². The molecular formula is C9H8FNO2. The topological polar surface area (TPSA) is 38.3 Å². The molecule has 2 rings (SSSR count). The first-order valence-electron chi connectivity index (χ1n) is 4.00.